The second kappa shape index (κ2) is 5.39. The van der Waals surface area contributed by atoms with Crippen molar-refractivity contribution in [3.8, 4) is 0 Å². The molecule has 108 valence electrons. The van der Waals surface area contributed by atoms with E-state index in [2.05, 4.69) is 15.1 Å². The van der Waals surface area contributed by atoms with Crippen LogP contribution >= 0.6 is 0 Å². The Labute approximate surface area is 117 Å². The van der Waals surface area contributed by atoms with E-state index in [1.807, 2.05) is 12.1 Å². The van der Waals surface area contributed by atoms with Gasteiger partial charge in [0.1, 0.15) is 5.76 Å². The van der Waals surface area contributed by atoms with Gasteiger partial charge in [0, 0.05) is 26.2 Å². The van der Waals surface area contributed by atoms with Crippen molar-refractivity contribution in [2.45, 2.75) is 11.6 Å². The minimum Gasteiger partial charge on any atom is -0.468 e. The number of aromatic nitrogens is 2. The topological polar surface area (TPSA) is 82.4 Å². The quantitative estimate of drug-likeness (QED) is 0.889. The predicted octanol–water partition coefficient (Wildman–Crippen LogP) is 0.509. The highest BCUT2D eigenvalue weighted by Crippen LogP contribution is 2.16. The number of sulfonamides is 1. The van der Waals surface area contributed by atoms with Gasteiger partial charge in [-0.3, -0.25) is 10.00 Å². The molecule has 0 aliphatic carbocycles. The standard InChI is InChI=1S/C12H16N4O3S/c17-20(18,12-3-4-13-14-12)16-7-5-15(6-8-16)10-11-2-1-9-19-11/h1-4,9H,5-8,10H2,(H,13,14). The number of rotatable bonds is 4. The van der Waals surface area contributed by atoms with Crippen LogP contribution in [0, 0.1) is 0 Å². The Morgan fingerprint density at radius 1 is 1.25 bits per heavy atom. The molecule has 1 aliphatic heterocycles. The highest BCUT2D eigenvalue weighted by atomic mass is 32.2. The molecule has 0 amide bonds. The van der Waals surface area contributed by atoms with Crippen LogP contribution < -0.4 is 0 Å². The number of nitrogens with one attached hydrogen (secondary N) is 1. The van der Waals surface area contributed by atoms with Gasteiger partial charge in [-0.1, -0.05) is 0 Å². The van der Waals surface area contributed by atoms with Crippen molar-refractivity contribution in [1.29, 1.82) is 0 Å². The lowest BCUT2D eigenvalue weighted by atomic mass is 10.3. The largest absolute Gasteiger partial charge is 0.468 e. The number of aromatic amines is 1. The number of hydrogen-bond donors (Lipinski definition) is 1. The lowest BCUT2D eigenvalue weighted by Crippen LogP contribution is -2.48. The van der Waals surface area contributed by atoms with E-state index in [1.165, 1.54) is 16.6 Å². The molecule has 0 saturated carbocycles. The predicted molar refractivity (Wildman–Crippen MR) is 71.3 cm³/mol. The summed E-state index contributed by atoms with van der Waals surface area (Å²) in [5.41, 5.74) is 0. The summed E-state index contributed by atoms with van der Waals surface area (Å²) in [5.74, 6) is 0.898. The third-order valence-corrected chi connectivity index (χ3v) is 5.21. The summed E-state index contributed by atoms with van der Waals surface area (Å²) in [6.07, 6.45) is 3.09. The Balaban J connectivity index is 1.61. The van der Waals surface area contributed by atoms with E-state index in [-0.39, 0.29) is 5.03 Å². The first-order valence-corrected chi connectivity index (χ1v) is 7.84. The van der Waals surface area contributed by atoms with E-state index in [1.54, 1.807) is 6.26 Å². The summed E-state index contributed by atoms with van der Waals surface area (Å²) in [5, 5.41) is 6.36. The second-order valence-electron chi connectivity index (χ2n) is 4.68. The van der Waals surface area contributed by atoms with Crippen LogP contribution in [0.2, 0.25) is 0 Å². The maximum atomic E-state index is 12.3. The monoisotopic (exact) mass is 296 g/mol. The van der Waals surface area contributed by atoms with E-state index in [4.69, 9.17) is 4.42 Å². The SMILES string of the molecule is O=S(=O)(c1ccn[nH]1)N1CCN(Cc2ccco2)CC1. The Hall–Kier alpha value is -1.64. The van der Waals surface area contributed by atoms with E-state index in [9.17, 15) is 8.42 Å². The molecule has 2 aromatic rings. The van der Waals surface area contributed by atoms with Gasteiger partial charge in [0.05, 0.1) is 19.0 Å². The van der Waals surface area contributed by atoms with Gasteiger partial charge in [0.15, 0.2) is 5.03 Å². The molecule has 0 radical (unpaired) electrons. The average Bonchev–Trinajstić information content (AvgIpc) is 3.12. The fourth-order valence-electron chi connectivity index (χ4n) is 2.28. The summed E-state index contributed by atoms with van der Waals surface area (Å²) >= 11 is 0. The first-order valence-electron chi connectivity index (χ1n) is 6.40. The van der Waals surface area contributed by atoms with Gasteiger partial charge in [-0.05, 0) is 18.2 Å². The number of furan rings is 1. The molecule has 0 unspecified atom stereocenters. The molecule has 0 bridgehead atoms. The molecule has 1 saturated heterocycles. The van der Waals surface area contributed by atoms with Gasteiger partial charge in [-0.25, -0.2) is 8.42 Å². The van der Waals surface area contributed by atoms with Gasteiger partial charge < -0.3 is 4.42 Å². The van der Waals surface area contributed by atoms with Gasteiger partial charge in [-0.2, -0.15) is 9.40 Å². The summed E-state index contributed by atoms with van der Waals surface area (Å²) < 4.78 is 31.4. The van der Waals surface area contributed by atoms with E-state index < -0.39 is 10.0 Å². The van der Waals surface area contributed by atoms with Crippen molar-refractivity contribution < 1.29 is 12.8 Å². The van der Waals surface area contributed by atoms with Crippen LogP contribution in [0.25, 0.3) is 0 Å². The van der Waals surface area contributed by atoms with Crippen molar-refractivity contribution in [2.75, 3.05) is 26.2 Å². The molecule has 3 rings (SSSR count). The van der Waals surface area contributed by atoms with E-state index in [0.29, 0.717) is 32.7 Å². The zero-order valence-corrected chi connectivity index (χ0v) is 11.7. The highest BCUT2D eigenvalue weighted by molar-refractivity contribution is 7.89. The van der Waals surface area contributed by atoms with Crippen LogP contribution in [0.5, 0.6) is 0 Å². The molecule has 2 aromatic heterocycles. The van der Waals surface area contributed by atoms with Crippen LogP contribution in [0.1, 0.15) is 5.76 Å². The zero-order valence-electron chi connectivity index (χ0n) is 10.9. The maximum absolute atomic E-state index is 12.3. The van der Waals surface area contributed by atoms with Crippen LogP contribution in [0.3, 0.4) is 0 Å². The fourth-order valence-corrected chi connectivity index (χ4v) is 3.60. The Bertz CT molecular complexity index is 628. The molecular weight excluding hydrogens is 280 g/mol. The molecule has 8 heteroatoms. The third-order valence-electron chi connectivity index (χ3n) is 3.38. The molecule has 3 heterocycles. The molecular formula is C12H16N4O3S. The van der Waals surface area contributed by atoms with Crippen LogP contribution in [-0.2, 0) is 16.6 Å². The number of H-pyrrole nitrogens is 1. The third kappa shape index (κ3) is 2.62. The smallest absolute Gasteiger partial charge is 0.260 e. The van der Waals surface area contributed by atoms with Crippen LogP contribution in [0.15, 0.2) is 40.1 Å². The van der Waals surface area contributed by atoms with E-state index in [0.717, 1.165) is 5.76 Å². The summed E-state index contributed by atoms with van der Waals surface area (Å²) in [4.78, 5) is 2.18. The summed E-state index contributed by atoms with van der Waals surface area (Å²) in [7, 11) is -3.44. The fraction of sp³-hybridized carbons (Fsp3) is 0.417. The Morgan fingerprint density at radius 2 is 2.05 bits per heavy atom. The van der Waals surface area contributed by atoms with Crippen molar-refractivity contribution >= 4 is 10.0 Å². The van der Waals surface area contributed by atoms with Crippen molar-refractivity contribution in [2.24, 2.45) is 0 Å². The summed E-state index contributed by atoms with van der Waals surface area (Å²) in [6.45, 7) is 3.04. The lowest BCUT2D eigenvalue weighted by molar-refractivity contribution is 0.170. The van der Waals surface area contributed by atoms with Gasteiger partial charge in [0.2, 0.25) is 0 Å². The number of nitrogens with zero attached hydrogens (tertiary/aromatic N) is 3. The summed E-state index contributed by atoms with van der Waals surface area (Å²) in [6, 6.07) is 5.26. The first kappa shape index (κ1) is 13.3. The van der Waals surface area contributed by atoms with Crippen molar-refractivity contribution in [3.05, 3.63) is 36.4 Å². The normalized spacial score (nSPS) is 18.4. The minimum absolute atomic E-state index is 0.150. The Morgan fingerprint density at radius 3 is 2.65 bits per heavy atom. The molecule has 0 atom stereocenters. The van der Waals surface area contributed by atoms with Gasteiger partial charge >= 0.3 is 0 Å². The van der Waals surface area contributed by atoms with Crippen LogP contribution in [-0.4, -0.2) is 54.0 Å². The molecule has 0 aromatic carbocycles. The molecule has 20 heavy (non-hydrogen) atoms. The highest BCUT2D eigenvalue weighted by Gasteiger charge is 2.29. The van der Waals surface area contributed by atoms with Gasteiger partial charge in [-0.15, -0.1) is 0 Å². The Kier molecular flexibility index (Phi) is 3.60. The lowest BCUT2D eigenvalue weighted by Gasteiger charge is -2.33. The average molecular weight is 296 g/mol. The minimum atomic E-state index is -3.44. The molecule has 1 N–H and O–H groups in total. The van der Waals surface area contributed by atoms with Gasteiger partial charge in [0.25, 0.3) is 10.0 Å². The molecule has 1 aliphatic rings. The second-order valence-corrected chi connectivity index (χ2v) is 6.59. The molecule has 7 nitrogen and oxygen atoms in total. The molecule has 0 spiro atoms. The van der Waals surface area contributed by atoms with Crippen molar-refractivity contribution in [3.63, 3.8) is 0 Å². The number of piperazine rings is 1. The molecule has 1 fully saturated rings. The van der Waals surface area contributed by atoms with Crippen LogP contribution in [0.4, 0.5) is 0 Å². The zero-order chi connectivity index (χ0) is 14.0. The maximum Gasteiger partial charge on any atom is 0.260 e. The number of hydrogen-bond acceptors (Lipinski definition) is 5. The van der Waals surface area contributed by atoms with Crippen molar-refractivity contribution in [1.82, 2.24) is 19.4 Å². The first-order chi connectivity index (χ1) is 9.66. The van der Waals surface area contributed by atoms with E-state index >= 15 is 0 Å².